The van der Waals surface area contributed by atoms with Crippen molar-refractivity contribution in [2.75, 3.05) is 26.2 Å². The fourth-order valence-electron chi connectivity index (χ4n) is 4.06. The Morgan fingerprint density at radius 2 is 1.67 bits per heavy atom. The fraction of sp³-hybridized carbons (Fsp3) is 0.429. The Balaban J connectivity index is 1.35. The van der Waals surface area contributed by atoms with Crippen molar-refractivity contribution in [3.8, 4) is 5.75 Å². The van der Waals surface area contributed by atoms with Gasteiger partial charge in [0, 0.05) is 18.0 Å². The Bertz CT molecular complexity index is 665. The molecule has 0 amide bonds. The summed E-state index contributed by atoms with van der Waals surface area (Å²) in [6.07, 6.45) is 1.98. The summed E-state index contributed by atoms with van der Waals surface area (Å²) in [5.74, 6) is 1.67. The van der Waals surface area contributed by atoms with Crippen molar-refractivity contribution in [3.63, 3.8) is 0 Å². The van der Waals surface area contributed by atoms with Gasteiger partial charge in [-0.3, -0.25) is 0 Å². The van der Waals surface area contributed by atoms with E-state index in [-0.39, 0.29) is 5.92 Å². The van der Waals surface area contributed by atoms with Crippen LogP contribution in [0, 0.1) is 5.92 Å². The molecule has 2 atom stereocenters. The van der Waals surface area contributed by atoms with Gasteiger partial charge in [-0.05, 0) is 43.5 Å². The number of hydrogen-bond acceptors (Lipinski definition) is 3. The number of para-hydroxylation sites is 1. The van der Waals surface area contributed by atoms with E-state index >= 15 is 0 Å². The number of hydrogen-bond donors (Lipinski definition) is 1. The zero-order valence-corrected chi connectivity index (χ0v) is 14.0. The molecule has 0 aromatic heterocycles. The van der Waals surface area contributed by atoms with Crippen LogP contribution in [0.5, 0.6) is 5.75 Å². The Morgan fingerprint density at radius 3 is 2.46 bits per heavy atom. The van der Waals surface area contributed by atoms with Gasteiger partial charge in [-0.15, -0.1) is 0 Å². The van der Waals surface area contributed by atoms with Crippen LogP contribution in [0.15, 0.2) is 54.6 Å². The predicted molar refractivity (Wildman–Crippen MR) is 95.2 cm³/mol. The Morgan fingerprint density at radius 1 is 0.958 bits per heavy atom. The van der Waals surface area contributed by atoms with Crippen LogP contribution in [0.1, 0.15) is 36.0 Å². The third kappa shape index (κ3) is 3.19. The van der Waals surface area contributed by atoms with Gasteiger partial charge in [-0.2, -0.15) is 0 Å². The molecular formula is C21H25NO2. The summed E-state index contributed by atoms with van der Waals surface area (Å²) in [6, 6.07) is 18.7. The Labute approximate surface area is 143 Å². The van der Waals surface area contributed by atoms with E-state index in [0.717, 1.165) is 30.9 Å². The predicted octanol–water partition coefficient (Wildman–Crippen LogP) is 3.61. The molecule has 2 aromatic rings. The third-order valence-corrected chi connectivity index (χ3v) is 5.49. The molecule has 24 heavy (non-hydrogen) atoms. The van der Waals surface area contributed by atoms with Gasteiger partial charge >= 0.3 is 0 Å². The van der Waals surface area contributed by atoms with Gasteiger partial charge in [0.25, 0.3) is 0 Å². The monoisotopic (exact) mass is 323 g/mol. The molecule has 0 unspecified atom stereocenters. The molecule has 0 saturated carbocycles. The summed E-state index contributed by atoms with van der Waals surface area (Å²) < 4.78 is 5.85. The van der Waals surface area contributed by atoms with Crippen molar-refractivity contribution < 1.29 is 9.84 Å². The Kier molecular flexibility index (Phi) is 4.54. The molecule has 1 fully saturated rings. The molecule has 126 valence electrons. The van der Waals surface area contributed by atoms with Crippen molar-refractivity contribution >= 4 is 0 Å². The third-order valence-electron chi connectivity index (χ3n) is 5.49. The fourth-order valence-corrected chi connectivity index (χ4v) is 4.06. The maximum absolute atomic E-state index is 10.7. The maximum atomic E-state index is 10.7. The quantitative estimate of drug-likeness (QED) is 0.936. The summed E-state index contributed by atoms with van der Waals surface area (Å²) in [5, 5.41) is 10.7. The van der Waals surface area contributed by atoms with Gasteiger partial charge in [0.05, 0.1) is 12.7 Å². The summed E-state index contributed by atoms with van der Waals surface area (Å²) >= 11 is 0. The first-order valence-electron chi connectivity index (χ1n) is 8.98. The van der Waals surface area contributed by atoms with Gasteiger partial charge in [0.2, 0.25) is 0 Å². The lowest BCUT2D eigenvalue weighted by atomic mass is 9.88. The molecule has 0 aliphatic carbocycles. The van der Waals surface area contributed by atoms with Crippen LogP contribution in [0.2, 0.25) is 0 Å². The zero-order chi connectivity index (χ0) is 16.4. The summed E-state index contributed by atoms with van der Waals surface area (Å²) in [6.45, 7) is 3.72. The number of aliphatic hydroxyl groups is 1. The van der Waals surface area contributed by atoms with Gasteiger partial charge in [-0.25, -0.2) is 0 Å². The van der Waals surface area contributed by atoms with Gasteiger partial charge < -0.3 is 14.7 Å². The van der Waals surface area contributed by atoms with E-state index in [2.05, 4.69) is 35.2 Å². The van der Waals surface area contributed by atoms with Crippen LogP contribution in [-0.2, 0) is 0 Å². The van der Waals surface area contributed by atoms with E-state index in [1.165, 1.54) is 18.4 Å². The number of likely N-dealkylation sites (tertiary alicyclic amines) is 1. The SMILES string of the molecule is O[C@H]1c2ccccc2OC[C@@H]1CN1CCC(c2ccccc2)CC1. The number of fused-ring (bicyclic) bond motifs is 1. The molecule has 2 heterocycles. The molecule has 0 bridgehead atoms. The lowest BCUT2D eigenvalue weighted by Gasteiger charge is -2.37. The highest BCUT2D eigenvalue weighted by Crippen LogP contribution is 2.36. The largest absolute Gasteiger partial charge is 0.493 e. The lowest BCUT2D eigenvalue weighted by Crippen LogP contribution is -2.41. The van der Waals surface area contributed by atoms with Crippen molar-refractivity contribution in [1.82, 2.24) is 4.90 Å². The minimum absolute atomic E-state index is 0.160. The average molecular weight is 323 g/mol. The van der Waals surface area contributed by atoms with E-state index in [0.29, 0.717) is 12.5 Å². The topological polar surface area (TPSA) is 32.7 Å². The smallest absolute Gasteiger partial charge is 0.125 e. The molecular weight excluding hydrogens is 298 g/mol. The molecule has 1 N–H and O–H groups in total. The number of nitrogens with zero attached hydrogens (tertiary/aromatic N) is 1. The highest BCUT2D eigenvalue weighted by atomic mass is 16.5. The number of ether oxygens (including phenoxy) is 1. The van der Waals surface area contributed by atoms with Crippen molar-refractivity contribution in [2.24, 2.45) is 5.92 Å². The molecule has 3 nitrogen and oxygen atoms in total. The molecule has 0 radical (unpaired) electrons. The van der Waals surface area contributed by atoms with Gasteiger partial charge in [-0.1, -0.05) is 48.5 Å². The molecule has 0 spiro atoms. The van der Waals surface area contributed by atoms with E-state index in [9.17, 15) is 5.11 Å². The molecule has 2 aliphatic rings. The van der Waals surface area contributed by atoms with Crippen LogP contribution in [0.4, 0.5) is 0 Å². The van der Waals surface area contributed by atoms with Gasteiger partial charge in [0.1, 0.15) is 5.75 Å². The van der Waals surface area contributed by atoms with Gasteiger partial charge in [0.15, 0.2) is 0 Å². The van der Waals surface area contributed by atoms with E-state index < -0.39 is 6.10 Å². The molecule has 2 aromatic carbocycles. The molecule has 2 aliphatic heterocycles. The summed E-state index contributed by atoms with van der Waals surface area (Å²) in [7, 11) is 0. The first kappa shape index (κ1) is 15.7. The number of aliphatic hydroxyl groups excluding tert-OH is 1. The summed E-state index contributed by atoms with van der Waals surface area (Å²) in [5.41, 5.74) is 2.40. The molecule has 1 saturated heterocycles. The average Bonchev–Trinajstić information content (AvgIpc) is 2.66. The second-order valence-corrected chi connectivity index (χ2v) is 7.04. The standard InChI is InChI=1S/C21H25NO2/c23-21-18(15-24-20-9-5-4-8-19(20)21)14-22-12-10-17(11-13-22)16-6-2-1-3-7-16/h1-9,17-18,21,23H,10-15H2/t18-,21+/m0/s1. The van der Waals surface area contributed by atoms with E-state index in [1.807, 2.05) is 24.3 Å². The molecule has 4 rings (SSSR count). The second kappa shape index (κ2) is 6.96. The van der Waals surface area contributed by atoms with Crippen LogP contribution >= 0.6 is 0 Å². The van der Waals surface area contributed by atoms with Crippen molar-refractivity contribution in [3.05, 3.63) is 65.7 Å². The van der Waals surface area contributed by atoms with Crippen molar-refractivity contribution in [2.45, 2.75) is 24.9 Å². The van der Waals surface area contributed by atoms with E-state index in [1.54, 1.807) is 0 Å². The highest BCUT2D eigenvalue weighted by Gasteiger charge is 2.31. The van der Waals surface area contributed by atoms with Crippen LogP contribution in [0.3, 0.4) is 0 Å². The summed E-state index contributed by atoms with van der Waals surface area (Å²) in [4.78, 5) is 2.49. The number of rotatable bonds is 3. The maximum Gasteiger partial charge on any atom is 0.125 e. The van der Waals surface area contributed by atoms with Crippen LogP contribution in [0.25, 0.3) is 0 Å². The minimum atomic E-state index is -0.415. The van der Waals surface area contributed by atoms with Crippen LogP contribution < -0.4 is 4.74 Å². The highest BCUT2D eigenvalue weighted by molar-refractivity contribution is 5.37. The first-order valence-corrected chi connectivity index (χ1v) is 8.98. The normalized spacial score (nSPS) is 25.0. The van der Waals surface area contributed by atoms with Crippen LogP contribution in [-0.4, -0.2) is 36.2 Å². The van der Waals surface area contributed by atoms with E-state index in [4.69, 9.17) is 4.74 Å². The second-order valence-electron chi connectivity index (χ2n) is 7.04. The number of piperidine rings is 1. The first-order chi connectivity index (χ1) is 11.8. The Hall–Kier alpha value is -1.84. The molecule has 3 heteroatoms. The van der Waals surface area contributed by atoms with Crippen molar-refractivity contribution in [1.29, 1.82) is 0 Å². The lowest BCUT2D eigenvalue weighted by molar-refractivity contribution is 0.0241. The minimum Gasteiger partial charge on any atom is -0.493 e. The number of benzene rings is 2. The zero-order valence-electron chi connectivity index (χ0n) is 14.0.